The van der Waals surface area contributed by atoms with Gasteiger partial charge in [0, 0.05) is 19.0 Å². The topological polar surface area (TPSA) is 67.4 Å². The summed E-state index contributed by atoms with van der Waals surface area (Å²) in [5, 5.41) is 5.54. The first-order valence-electron chi connectivity index (χ1n) is 7.79. The Labute approximate surface area is 142 Å². The lowest BCUT2D eigenvalue weighted by Gasteiger charge is -2.12. The number of aryl methyl sites for hydroxylation is 2. The average molecular weight is 326 g/mol. The lowest BCUT2D eigenvalue weighted by atomic mass is 10.0. The zero-order chi connectivity index (χ0) is 17.5. The van der Waals surface area contributed by atoms with Crippen molar-refractivity contribution in [1.29, 1.82) is 0 Å². The van der Waals surface area contributed by atoms with E-state index < -0.39 is 0 Å². The standard InChI is InChI=1S/C19H22N2O3/c1-13-6-4-5-7-15(13)8-11-19(23)21-17-12-16(20-14(2)22)9-10-18(17)24-3/h4-7,9-10,12H,8,11H2,1-3H3,(H,20,22)(H,21,23). The molecule has 0 heterocycles. The van der Waals surface area contributed by atoms with Gasteiger partial charge in [-0.1, -0.05) is 24.3 Å². The number of rotatable bonds is 6. The number of methoxy groups -OCH3 is 1. The normalized spacial score (nSPS) is 10.1. The molecule has 0 aliphatic carbocycles. The summed E-state index contributed by atoms with van der Waals surface area (Å²) in [5.74, 6) is 0.280. The first kappa shape index (κ1) is 17.5. The van der Waals surface area contributed by atoms with E-state index in [1.807, 2.05) is 31.2 Å². The largest absolute Gasteiger partial charge is 0.495 e. The van der Waals surface area contributed by atoms with E-state index in [9.17, 15) is 9.59 Å². The molecule has 0 radical (unpaired) electrons. The summed E-state index contributed by atoms with van der Waals surface area (Å²) in [7, 11) is 1.54. The van der Waals surface area contributed by atoms with Gasteiger partial charge in [0.1, 0.15) is 5.75 Å². The summed E-state index contributed by atoms with van der Waals surface area (Å²) in [5.41, 5.74) is 3.48. The molecule has 0 fully saturated rings. The van der Waals surface area contributed by atoms with Crippen LogP contribution in [-0.2, 0) is 16.0 Å². The second-order valence-electron chi connectivity index (χ2n) is 5.57. The molecule has 2 rings (SSSR count). The van der Waals surface area contributed by atoms with Crippen LogP contribution in [0.1, 0.15) is 24.5 Å². The minimum Gasteiger partial charge on any atom is -0.495 e. The van der Waals surface area contributed by atoms with Gasteiger partial charge in [0.25, 0.3) is 0 Å². The van der Waals surface area contributed by atoms with Crippen molar-refractivity contribution < 1.29 is 14.3 Å². The maximum absolute atomic E-state index is 12.2. The molecule has 24 heavy (non-hydrogen) atoms. The summed E-state index contributed by atoms with van der Waals surface area (Å²) in [6.45, 7) is 3.47. The van der Waals surface area contributed by atoms with Crippen molar-refractivity contribution in [3.63, 3.8) is 0 Å². The number of anilines is 2. The SMILES string of the molecule is COc1ccc(NC(C)=O)cc1NC(=O)CCc1ccccc1C. The van der Waals surface area contributed by atoms with Crippen LogP contribution in [0.15, 0.2) is 42.5 Å². The molecule has 0 aromatic heterocycles. The Balaban J connectivity index is 2.04. The van der Waals surface area contributed by atoms with Gasteiger partial charge in [-0.2, -0.15) is 0 Å². The van der Waals surface area contributed by atoms with Crippen LogP contribution in [0.2, 0.25) is 0 Å². The highest BCUT2D eigenvalue weighted by Crippen LogP contribution is 2.28. The van der Waals surface area contributed by atoms with E-state index in [2.05, 4.69) is 10.6 Å². The van der Waals surface area contributed by atoms with Gasteiger partial charge in [0.2, 0.25) is 11.8 Å². The van der Waals surface area contributed by atoms with E-state index in [1.165, 1.54) is 19.6 Å². The van der Waals surface area contributed by atoms with E-state index >= 15 is 0 Å². The van der Waals surface area contributed by atoms with Crippen LogP contribution in [0.4, 0.5) is 11.4 Å². The smallest absolute Gasteiger partial charge is 0.224 e. The van der Waals surface area contributed by atoms with Crippen LogP contribution in [0.5, 0.6) is 5.75 Å². The third-order valence-corrected chi connectivity index (χ3v) is 3.68. The molecule has 0 saturated heterocycles. The predicted octanol–water partition coefficient (Wildman–Crippen LogP) is 3.53. The second kappa shape index (κ2) is 8.15. The molecular formula is C19H22N2O3. The van der Waals surface area contributed by atoms with Gasteiger partial charge >= 0.3 is 0 Å². The molecule has 5 heteroatoms. The van der Waals surface area contributed by atoms with Crippen LogP contribution in [0.25, 0.3) is 0 Å². The number of carbonyl (C=O) groups is 2. The van der Waals surface area contributed by atoms with E-state index in [4.69, 9.17) is 4.74 Å². The van der Waals surface area contributed by atoms with Gasteiger partial charge in [0.05, 0.1) is 12.8 Å². The molecule has 2 aromatic rings. The molecule has 2 amide bonds. The molecule has 0 aliphatic heterocycles. The van der Waals surface area contributed by atoms with E-state index in [0.717, 1.165) is 5.56 Å². The van der Waals surface area contributed by atoms with Crippen molar-refractivity contribution in [2.45, 2.75) is 26.7 Å². The van der Waals surface area contributed by atoms with Crippen LogP contribution >= 0.6 is 0 Å². The first-order chi connectivity index (χ1) is 11.5. The maximum atomic E-state index is 12.2. The summed E-state index contributed by atoms with van der Waals surface area (Å²) in [4.78, 5) is 23.4. The van der Waals surface area contributed by atoms with Crippen molar-refractivity contribution in [3.8, 4) is 5.75 Å². The fraction of sp³-hybridized carbons (Fsp3) is 0.263. The van der Waals surface area contributed by atoms with Gasteiger partial charge in [-0.05, 0) is 42.7 Å². The minimum absolute atomic E-state index is 0.100. The number of carbonyl (C=O) groups excluding carboxylic acids is 2. The van der Waals surface area contributed by atoms with Crippen molar-refractivity contribution in [2.75, 3.05) is 17.7 Å². The van der Waals surface area contributed by atoms with Crippen LogP contribution in [-0.4, -0.2) is 18.9 Å². The molecule has 0 saturated carbocycles. The monoisotopic (exact) mass is 326 g/mol. The van der Waals surface area contributed by atoms with Crippen LogP contribution in [0.3, 0.4) is 0 Å². The molecule has 0 aliphatic rings. The Hall–Kier alpha value is -2.82. The molecule has 0 bridgehead atoms. The Morgan fingerprint density at radius 1 is 1.08 bits per heavy atom. The zero-order valence-electron chi connectivity index (χ0n) is 14.2. The summed E-state index contributed by atoms with van der Waals surface area (Å²) < 4.78 is 5.26. The Kier molecular flexibility index (Phi) is 5.95. The third-order valence-electron chi connectivity index (χ3n) is 3.68. The van der Waals surface area contributed by atoms with Crippen molar-refractivity contribution in [1.82, 2.24) is 0 Å². The number of hydrogen-bond acceptors (Lipinski definition) is 3. The molecule has 0 spiro atoms. The average Bonchev–Trinajstić information content (AvgIpc) is 2.54. The van der Waals surface area contributed by atoms with E-state index in [1.54, 1.807) is 18.2 Å². The van der Waals surface area contributed by atoms with Gasteiger partial charge in [-0.25, -0.2) is 0 Å². The Morgan fingerprint density at radius 2 is 1.83 bits per heavy atom. The van der Waals surface area contributed by atoms with Crippen molar-refractivity contribution in [2.24, 2.45) is 0 Å². The number of benzene rings is 2. The van der Waals surface area contributed by atoms with Crippen molar-refractivity contribution in [3.05, 3.63) is 53.6 Å². The molecular weight excluding hydrogens is 304 g/mol. The molecule has 2 N–H and O–H groups in total. The Morgan fingerprint density at radius 3 is 2.50 bits per heavy atom. The van der Waals surface area contributed by atoms with Gasteiger partial charge in [0.15, 0.2) is 0 Å². The highest BCUT2D eigenvalue weighted by molar-refractivity contribution is 5.95. The maximum Gasteiger partial charge on any atom is 0.224 e. The van der Waals surface area contributed by atoms with Gasteiger partial charge in [-0.3, -0.25) is 9.59 Å². The molecule has 0 unspecified atom stereocenters. The number of nitrogens with one attached hydrogen (secondary N) is 2. The van der Waals surface area contributed by atoms with E-state index in [-0.39, 0.29) is 11.8 Å². The number of ether oxygens (including phenoxy) is 1. The first-order valence-corrected chi connectivity index (χ1v) is 7.79. The molecule has 0 atom stereocenters. The Bertz CT molecular complexity index is 741. The second-order valence-corrected chi connectivity index (χ2v) is 5.57. The van der Waals surface area contributed by atoms with Crippen LogP contribution < -0.4 is 15.4 Å². The fourth-order valence-electron chi connectivity index (χ4n) is 2.44. The predicted molar refractivity (Wildman–Crippen MR) is 95.4 cm³/mol. The lowest BCUT2D eigenvalue weighted by Crippen LogP contribution is -2.14. The molecule has 5 nitrogen and oxygen atoms in total. The number of amides is 2. The van der Waals surface area contributed by atoms with Crippen LogP contribution in [0, 0.1) is 6.92 Å². The quantitative estimate of drug-likeness (QED) is 0.853. The highest BCUT2D eigenvalue weighted by atomic mass is 16.5. The lowest BCUT2D eigenvalue weighted by molar-refractivity contribution is -0.116. The summed E-state index contributed by atoms with van der Waals surface area (Å²) in [6.07, 6.45) is 1.05. The van der Waals surface area contributed by atoms with Gasteiger partial charge < -0.3 is 15.4 Å². The molecule has 126 valence electrons. The zero-order valence-corrected chi connectivity index (χ0v) is 14.2. The molecule has 2 aromatic carbocycles. The van der Waals surface area contributed by atoms with E-state index in [0.29, 0.717) is 30.0 Å². The van der Waals surface area contributed by atoms with Crippen molar-refractivity contribution >= 4 is 23.2 Å². The summed E-state index contributed by atoms with van der Waals surface area (Å²) >= 11 is 0. The number of hydrogen-bond donors (Lipinski definition) is 2. The summed E-state index contributed by atoms with van der Waals surface area (Å²) in [6, 6.07) is 13.1. The van der Waals surface area contributed by atoms with Gasteiger partial charge in [-0.15, -0.1) is 0 Å². The third kappa shape index (κ3) is 4.84. The fourth-order valence-corrected chi connectivity index (χ4v) is 2.44. The minimum atomic E-state index is -0.169. The highest BCUT2D eigenvalue weighted by Gasteiger charge is 2.10.